The third kappa shape index (κ3) is 5.00. The fraction of sp³-hybridized carbons (Fsp3) is 0.588. The molecule has 1 aromatic rings. The van der Waals surface area contributed by atoms with Crippen molar-refractivity contribution in [2.75, 3.05) is 33.7 Å². The predicted octanol–water partition coefficient (Wildman–Crippen LogP) is 1.33. The number of β-amino-alcohol motifs (C(OH)–C–C–N with tert-alkyl or cyclic N) is 1. The highest BCUT2D eigenvalue weighted by molar-refractivity contribution is 5.74. The van der Waals surface area contributed by atoms with E-state index in [-0.39, 0.29) is 18.2 Å². The zero-order valence-electron chi connectivity index (χ0n) is 13.5. The molecular formula is C17H27N3O2. The second kappa shape index (κ2) is 8.15. The Bertz CT molecular complexity index is 464. The second-order valence-corrected chi connectivity index (χ2v) is 6.24. The number of aliphatic hydroxyl groups is 1. The number of amides is 2. The minimum absolute atomic E-state index is 0.0707. The molecule has 2 unspecified atom stereocenters. The van der Waals surface area contributed by atoms with Crippen LogP contribution in [-0.2, 0) is 6.42 Å². The molecule has 0 saturated carbocycles. The number of aliphatic hydroxyl groups excluding tert-OH is 1. The van der Waals surface area contributed by atoms with Gasteiger partial charge in [-0.25, -0.2) is 4.79 Å². The summed E-state index contributed by atoms with van der Waals surface area (Å²) in [5, 5.41) is 12.7. The average molecular weight is 305 g/mol. The lowest BCUT2D eigenvalue weighted by Gasteiger charge is -2.31. The van der Waals surface area contributed by atoms with Crippen molar-refractivity contribution in [1.29, 1.82) is 0 Å². The molecule has 22 heavy (non-hydrogen) atoms. The molecule has 0 aliphatic carbocycles. The molecule has 1 aromatic carbocycles. The summed E-state index contributed by atoms with van der Waals surface area (Å²) in [6.07, 6.45) is 2.18. The van der Waals surface area contributed by atoms with Gasteiger partial charge >= 0.3 is 6.03 Å². The Morgan fingerprint density at radius 2 is 2.14 bits per heavy atom. The van der Waals surface area contributed by atoms with E-state index in [1.807, 2.05) is 32.3 Å². The summed E-state index contributed by atoms with van der Waals surface area (Å²) in [7, 11) is 4.06. The minimum atomic E-state index is -0.381. The summed E-state index contributed by atoms with van der Waals surface area (Å²) in [4.78, 5) is 16.1. The van der Waals surface area contributed by atoms with Gasteiger partial charge in [-0.3, -0.25) is 0 Å². The smallest absolute Gasteiger partial charge is 0.317 e. The molecule has 2 amide bonds. The fourth-order valence-electron chi connectivity index (χ4n) is 2.78. The first-order chi connectivity index (χ1) is 10.6. The number of carbonyl (C=O) groups is 1. The number of urea groups is 1. The van der Waals surface area contributed by atoms with Gasteiger partial charge in [0, 0.05) is 25.7 Å². The van der Waals surface area contributed by atoms with Crippen molar-refractivity contribution < 1.29 is 9.90 Å². The summed E-state index contributed by atoms with van der Waals surface area (Å²) in [5.74, 6) is 0. The number of nitrogens with zero attached hydrogens (tertiary/aromatic N) is 2. The van der Waals surface area contributed by atoms with E-state index in [0.29, 0.717) is 13.1 Å². The Kier molecular flexibility index (Phi) is 6.21. The number of rotatable bonds is 5. The number of benzene rings is 1. The van der Waals surface area contributed by atoms with Crippen LogP contribution in [0.15, 0.2) is 30.3 Å². The van der Waals surface area contributed by atoms with E-state index in [0.717, 1.165) is 25.8 Å². The first kappa shape index (κ1) is 16.8. The Morgan fingerprint density at radius 1 is 1.41 bits per heavy atom. The molecule has 5 heteroatoms. The van der Waals surface area contributed by atoms with Gasteiger partial charge in [0.1, 0.15) is 0 Å². The van der Waals surface area contributed by atoms with Gasteiger partial charge in [-0.1, -0.05) is 30.3 Å². The molecule has 1 aliphatic heterocycles. The molecule has 1 heterocycles. The van der Waals surface area contributed by atoms with Gasteiger partial charge in [-0.2, -0.15) is 0 Å². The van der Waals surface area contributed by atoms with Crippen molar-refractivity contribution in [1.82, 2.24) is 15.1 Å². The van der Waals surface area contributed by atoms with Crippen molar-refractivity contribution in [3.8, 4) is 0 Å². The van der Waals surface area contributed by atoms with E-state index in [1.54, 1.807) is 4.90 Å². The molecule has 1 saturated heterocycles. The first-order valence-electron chi connectivity index (χ1n) is 7.97. The predicted molar refractivity (Wildman–Crippen MR) is 87.8 cm³/mol. The molecule has 5 nitrogen and oxygen atoms in total. The van der Waals surface area contributed by atoms with Crippen LogP contribution in [0.5, 0.6) is 0 Å². The number of carbonyl (C=O) groups excluding carboxylic acids is 1. The van der Waals surface area contributed by atoms with Crippen LogP contribution in [-0.4, -0.2) is 66.8 Å². The summed E-state index contributed by atoms with van der Waals surface area (Å²) in [6.45, 7) is 1.78. The molecule has 2 N–H and O–H groups in total. The van der Waals surface area contributed by atoms with E-state index in [9.17, 15) is 9.90 Å². The van der Waals surface area contributed by atoms with Gasteiger partial charge in [-0.05, 0) is 38.9 Å². The average Bonchev–Trinajstić information content (AvgIpc) is 2.51. The number of nitrogens with one attached hydrogen (secondary N) is 1. The minimum Gasteiger partial charge on any atom is -0.391 e. The Hall–Kier alpha value is -1.59. The standard InChI is InChI=1S/C17H27N3O2/c1-19(2)15(11-14-7-4-3-5-8-14)12-18-17(22)20-10-6-9-16(21)13-20/h3-5,7-8,15-16,21H,6,9-13H2,1-2H3,(H,18,22). The van der Waals surface area contributed by atoms with Crippen LogP contribution >= 0.6 is 0 Å². The normalized spacial score (nSPS) is 20.0. The highest BCUT2D eigenvalue weighted by atomic mass is 16.3. The molecule has 2 atom stereocenters. The van der Waals surface area contributed by atoms with Crippen LogP contribution in [0, 0.1) is 0 Å². The van der Waals surface area contributed by atoms with Crippen molar-refractivity contribution in [2.24, 2.45) is 0 Å². The second-order valence-electron chi connectivity index (χ2n) is 6.24. The molecule has 0 radical (unpaired) electrons. The summed E-state index contributed by atoms with van der Waals surface area (Å²) in [5.41, 5.74) is 1.27. The number of piperidine rings is 1. The number of likely N-dealkylation sites (tertiary alicyclic amines) is 1. The van der Waals surface area contributed by atoms with Crippen LogP contribution < -0.4 is 5.32 Å². The Balaban J connectivity index is 1.84. The van der Waals surface area contributed by atoms with Crippen LogP contribution in [0.25, 0.3) is 0 Å². The highest BCUT2D eigenvalue weighted by Crippen LogP contribution is 2.10. The Morgan fingerprint density at radius 3 is 2.77 bits per heavy atom. The van der Waals surface area contributed by atoms with Crippen molar-refractivity contribution in [3.63, 3.8) is 0 Å². The van der Waals surface area contributed by atoms with Crippen LogP contribution in [0.4, 0.5) is 4.79 Å². The van der Waals surface area contributed by atoms with Gasteiger partial charge in [0.2, 0.25) is 0 Å². The van der Waals surface area contributed by atoms with Gasteiger partial charge in [0.15, 0.2) is 0 Å². The van der Waals surface area contributed by atoms with Crippen LogP contribution in [0.2, 0.25) is 0 Å². The van der Waals surface area contributed by atoms with Crippen LogP contribution in [0.3, 0.4) is 0 Å². The van der Waals surface area contributed by atoms with Gasteiger partial charge in [0.25, 0.3) is 0 Å². The topological polar surface area (TPSA) is 55.8 Å². The first-order valence-corrected chi connectivity index (χ1v) is 7.97. The lowest BCUT2D eigenvalue weighted by molar-refractivity contribution is 0.0836. The summed E-state index contributed by atoms with van der Waals surface area (Å²) >= 11 is 0. The number of hydrogen-bond acceptors (Lipinski definition) is 3. The summed E-state index contributed by atoms with van der Waals surface area (Å²) in [6, 6.07) is 10.5. The zero-order chi connectivity index (χ0) is 15.9. The van der Waals surface area contributed by atoms with Crippen molar-refractivity contribution in [2.45, 2.75) is 31.4 Å². The quantitative estimate of drug-likeness (QED) is 0.863. The van der Waals surface area contributed by atoms with Crippen molar-refractivity contribution in [3.05, 3.63) is 35.9 Å². The zero-order valence-corrected chi connectivity index (χ0v) is 13.5. The summed E-state index contributed by atoms with van der Waals surface area (Å²) < 4.78 is 0. The van der Waals surface area contributed by atoms with Gasteiger partial charge < -0.3 is 20.2 Å². The maximum Gasteiger partial charge on any atom is 0.317 e. The van der Waals surface area contributed by atoms with Crippen molar-refractivity contribution >= 4 is 6.03 Å². The lowest BCUT2D eigenvalue weighted by Crippen LogP contribution is -2.50. The van der Waals surface area contributed by atoms with E-state index in [4.69, 9.17) is 0 Å². The molecule has 1 aliphatic rings. The maximum absolute atomic E-state index is 12.2. The third-order valence-electron chi connectivity index (χ3n) is 4.22. The van der Waals surface area contributed by atoms with E-state index in [2.05, 4.69) is 22.3 Å². The molecule has 0 aromatic heterocycles. The van der Waals surface area contributed by atoms with E-state index in [1.165, 1.54) is 5.56 Å². The molecule has 0 spiro atoms. The molecule has 122 valence electrons. The molecule has 2 rings (SSSR count). The van der Waals surface area contributed by atoms with Gasteiger partial charge in [0.05, 0.1) is 6.10 Å². The largest absolute Gasteiger partial charge is 0.391 e. The lowest BCUT2D eigenvalue weighted by atomic mass is 10.1. The third-order valence-corrected chi connectivity index (χ3v) is 4.22. The van der Waals surface area contributed by atoms with Gasteiger partial charge in [-0.15, -0.1) is 0 Å². The highest BCUT2D eigenvalue weighted by Gasteiger charge is 2.22. The number of likely N-dealkylation sites (N-methyl/N-ethyl adjacent to an activating group) is 1. The molecular weight excluding hydrogens is 278 g/mol. The maximum atomic E-state index is 12.2. The molecule has 1 fully saturated rings. The fourth-order valence-corrected chi connectivity index (χ4v) is 2.78. The SMILES string of the molecule is CN(C)C(CNC(=O)N1CCCC(O)C1)Cc1ccccc1. The molecule has 0 bridgehead atoms. The van der Waals surface area contributed by atoms with E-state index < -0.39 is 0 Å². The monoisotopic (exact) mass is 305 g/mol. The van der Waals surface area contributed by atoms with E-state index >= 15 is 0 Å². The Labute approximate surface area is 132 Å². The number of hydrogen-bond donors (Lipinski definition) is 2. The van der Waals surface area contributed by atoms with Crippen LogP contribution in [0.1, 0.15) is 18.4 Å².